The number of piperazine rings is 1. The predicted octanol–water partition coefficient (Wildman–Crippen LogP) is 3.37. The van der Waals surface area contributed by atoms with Crippen LogP contribution in [0.4, 0.5) is 5.82 Å². The first-order valence-electron chi connectivity index (χ1n) is 9.51. The van der Waals surface area contributed by atoms with Crippen LogP contribution in [-0.2, 0) is 0 Å². The van der Waals surface area contributed by atoms with Crippen LogP contribution in [-0.4, -0.2) is 48.1 Å². The number of nitrogens with zero attached hydrogens (tertiary/aromatic N) is 3. The van der Waals surface area contributed by atoms with Crippen molar-refractivity contribution in [3.05, 3.63) is 54.2 Å². The Hall–Kier alpha value is -2.56. The highest BCUT2D eigenvalue weighted by atomic mass is 16.5. The molecule has 0 radical (unpaired) electrons. The SMILES string of the molecule is O=C(c1ccc(OC2CCCC2)cc1)N1CCN(c2ccccn2)CC1. The summed E-state index contributed by atoms with van der Waals surface area (Å²) in [5.74, 6) is 1.94. The first-order chi connectivity index (χ1) is 12.8. The first kappa shape index (κ1) is 16.9. The summed E-state index contributed by atoms with van der Waals surface area (Å²) < 4.78 is 5.98. The Bertz CT molecular complexity index is 719. The van der Waals surface area contributed by atoms with Crippen LogP contribution < -0.4 is 9.64 Å². The zero-order valence-corrected chi connectivity index (χ0v) is 15.0. The van der Waals surface area contributed by atoms with Crippen molar-refractivity contribution in [1.82, 2.24) is 9.88 Å². The second kappa shape index (κ2) is 7.77. The molecule has 1 aromatic carbocycles. The minimum Gasteiger partial charge on any atom is -0.490 e. The third-order valence-corrected chi connectivity index (χ3v) is 5.25. The van der Waals surface area contributed by atoms with Gasteiger partial charge in [-0.15, -0.1) is 0 Å². The Labute approximate surface area is 154 Å². The molecule has 1 aliphatic carbocycles. The molecule has 136 valence electrons. The third kappa shape index (κ3) is 3.82. The molecule has 2 heterocycles. The molecular weight excluding hydrogens is 326 g/mol. The molecule has 2 fully saturated rings. The first-order valence-corrected chi connectivity index (χ1v) is 9.51. The predicted molar refractivity (Wildman–Crippen MR) is 102 cm³/mol. The molecule has 1 saturated carbocycles. The normalized spacial score (nSPS) is 18.2. The standard InChI is InChI=1S/C21H25N3O2/c25-21(17-8-10-19(11-9-17)26-18-5-1-2-6-18)24-15-13-23(14-16-24)20-7-3-4-12-22-20/h3-4,7-12,18H,1-2,5-6,13-16H2. The zero-order valence-electron chi connectivity index (χ0n) is 15.0. The van der Waals surface area contributed by atoms with Gasteiger partial charge in [-0.2, -0.15) is 0 Å². The Morgan fingerprint density at radius 2 is 1.69 bits per heavy atom. The summed E-state index contributed by atoms with van der Waals surface area (Å²) >= 11 is 0. The maximum absolute atomic E-state index is 12.7. The van der Waals surface area contributed by atoms with Gasteiger partial charge in [0.2, 0.25) is 0 Å². The average molecular weight is 351 g/mol. The van der Waals surface area contributed by atoms with E-state index in [1.807, 2.05) is 53.6 Å². The van der Waals surface area contributed by atoms with Crippen molar-refractivity contribution in [2.45, 2.75) is 31.8 Å². The van der Waals surface area contributed by atoms with Gasteiger partial charge in [0.1, 0.15) is 11.6 Å². The van der Waals surface area contributed by atoms with Crippen molar-refractivity contribution < 1.29 is 9.53 Å². The van der Waals surface area contributed by atoms with E-state index >= 15 is 0 Å². The fourth-order valence-electron chi connectivity index (χ4n) is 3.74. The van der Waals surface area contributed by atoms with Crippen LogP contribution in [0.1, 0.15) is 36.0 Å². The van der Waals surface area contributed by atoms with E-state index in [-0.39, 0.29) is 5.91 Å². The fraction of sp³-hybridized carbons (Fsp3) is 0.429. The zero-order chi connectivity index (χ0) is 17.8. The lowest BCUT2D eigenvalue weighted by Gasteiger charge is -2.35. The summed E-state index contributed by atoms with van der Waals surface area (Å²) in [4.78, 5) is 21.3. The van der Waals surface area contributed by atoms with E-state index in [0.717, 1.165) is 56.2 Å². The maximum atomic E-state index is 12.7. The Morgan fingerprint density at radius 1 is 0.962 bits per heavy atom. The van der Waals surface area contributed by atoms with Crippen molar-refractivity contribution >= 4 is 11.7 Å². The number of amides is 1. The van der Waals surface area contributed by atoms with Gasteiger partial charge in [0.25, 0.3) is 5.91 Å². The fourth-order valence-corrected chi connectivity index (χ4v) is 3.74. The van der Waals surface area contributed by atoms with Crippen LogP contribution in [0, 0.1) is 0 Å². The second-order valence-electron chi connectivity index (χ2n) is 7.02. The number of aromatic nitrogens is 1. The van der Waals surface area contributed by atoms with Gasteiger partial charge >= 0.3 is 0 Å². The lowest BCUT2D eigenvalue weighted by molar-refractivity contribution is 0.0746. The number of ether oxygens (including phenoxy) is 1. The van der Waals surface area contributed by atoms with E-state index in [1.165, 1.54) is 12.8 Å². The van der Waals surface area contributed by atoms with Crippen LogP contribution in [0.5, 0.6) is 5.75 Å². The van der Waals surface area contributed by atoms with Crippen LogP contribution in [0.3, 0.4) is 0 Å². The van der Waals surface area contributed by atoms with Gasteiger partial charge < -0.3 is 14.5 Å². The average Bonchev–Trinajstić information content (AvgIpc) is 3.22. The molecule has 0 N–H and O–H groups in total. The quantitative estimate of drug-likeness (QED) is 0.847. The number of rotatable bonds is 4. The number of pyridine rings is 1. The molecule has 2 aromatic rings. The minimum atomic E-state index is 0.0955. The molecular formula is C21H25N3O2. The molecule has 0 unspecified atom stereocenters. The molecule has 1 aromatic heterocycles. The van der Waals surface area contributed by atoms with Gasteiger partial charge in [-0.3, -0.25) is 4.79 Å². The summed E-state index contributed by atoms with van der Waals surface area (Å²) in [7, 11) is 0. The van der Waals surface area contributed by atoms with E-state index in [1.54, 1.807) is 0 Å². The molecule has 0 bridgehead atoms. The number of benzene rings is 1. The highest BCUT2D eigenvalue weighted by molar-refractivity contribution is 5.94. The molecule has 1 amide bonds. The Morgan fingerprint density at radius 3 is 2.35 bits per heavy atom. The molecule has 5 heteroatoms. The van der Waals surface area contributed by atoms with Gasteiger partial charge in [-0.05, 0) is 62.1 Å². The van der Waals surface area contributed by atoms with Gasteiger partial charge in [-0.1, -0.05) is 6.07 Å². The number of hydrogen-bond acceptors (Lipinski definition) is 4. The highest BCUT2D eigenvalue weighted by Crippen LogP contribution is 2.24. The smallest absolute Gasteiger partial charge is 0.253 e. The van der Waals surface area contributed by atoms with Crippen LogP contribution in [0.15, 0.2) is 48.7 Å². The van der Waals surface area contributed by atoms with E-state index in [9.17, 15) is 4.79 Å². The summed E-state index contributed by atoms with van der Waals surface area (Å²) in [6.45, 7) is 3.06. The number of carbonyl (C=O) groups excluding carboxylic acids is 1. The summed E-state index contributed by atoms with van der Waals surface area (Å²) in [6.07, 6.45) is 6.94. The number of anilines is 1. The van der Waals surface area contributed by atoms with Crippen molar-refractivity contribution in [3.63, 3.8) is 0 Å². The van der Waals surface area contributed by atoms with Gasteiger partial charge in [0, 0.05) is 37.9 Å². The van der Waals surface area contributed by atoms with Gasteiger partial charge in [-0.25, -0.2) is 4.98 Å². The molecule has 4 rings (SSSR count). The third-order valence-electron chi connectivity index (χ3n) is 5.25. The Balaban J connectivity index is 1.33. The monoisotopic (exact) mass is 351 g/mol. The second-order valence-corrected chi connectivity index (χ2v) is 7.02. The number of carbonyl (C=O) groups is 1. The molecule has 26 heavy (non-hydrogen) atoms. The van der Waals surface area contributed by atoms with Gasteiger partial charge in [0.15, 0.2) is 0 Å². The van der Waals surface area contributed by atoms with Crippen molar-refractivity contribution in [1.29, 1.82) is 0 Å². The number of hydrogen-bond donors (Lipinski definition) is 0. The van der Waals surface area contributed by atoms with E-state index < -0.39 is 0 Å². The summed E-state index contributed by atoms with van der Waals surface area (Å²) in [5, 5.41) is 0. The maximum Gasteiger partial charge on any atom is 0.253 e. The van der Waals surface area contributed by atoms with Crippen molar-refractivity contribution in [2.24, 2.45) is 0 Å². The molecule has 5 nitrogen and oxygen atoms in total. The van der Waals surface area contributed by atoms with Crippen LogP contribution >= 0.6 is 0 Å². The molecule has 1 saturated heterocycles. The van der Waals surface area contributed by atoms with E-state index in [0.29, 0.717) is 6.10 Å². The molecule has 2 aliphatic rings. The topological polar surface area (TPSA) is 45.7 Å². The van der Waals surface area contributed by atoms with Crippen molar-refractivity contribution in [3.8, 4) is 5.75 Å². The van der Waals surface area contributed by atoms with Gasteiger partial charge in [0.05, 0.1) is 6.10 Å². The Kier molecular flexibility index (Phi) is 5.04. The van der Waals surface area contributed by atoms with Crippen LogP contribution in [0.2, 0.25) is 0 Å². The van der Waals surface area contributed by atoms with Crippen molar-refractivity contribution in [2.75, 3.05) is 31.1 Å². The summed E-state index contributed by atoms with van der Waals surface area (Å²) in [6, 6.07) is 13.6. The molecule has 0 spiro atoms. The lowest BCUT2D eigenvalue weighted by atomic mass is 10.1. The molecule has 0 atom stereocenters. The summed E-state index contributed by atoms with van der Waals surface area (Å²) in [5.41, 5.74) is 0.732. The lowest BCUT2D eigenvalue weighted by Crippen LogP contribution is -2.49. The van der Waals surface area contributed by atoms with Crippen LogP contribution in [0.25, 0.3) is 0 Å². The minimum absolute atomic E-state index is 0.0955. The largest absolute Gasteiger partial charge is 0.490 e. The van der Waals surface area contributed by atoms with E-state index in [4.69, 9.17) is 4.74 Å². The van der Waals surface area contributed by atoms with E-state index in [2.05, 4.69) is 9.88 Å². The molecule has 1 aliphatic heterocycles. The highest BCUT2D eigenvalue weighted by Gasteiger charge is 2.23.